The van der Waals surface area contributed by atoms with E-state index in [1.54, 1.807) is 7.05 Å². The van der Waals surface area contributed by atoms with Crippen molar-refractivity contribution in [3.8, 4) is 11.5 Å². The summed E-state index contributed by atoms with van der Waals surface area (Å²) in [4.78, 5) is 6.90. The lowest BCUT2D eigenvalue weighted by Crippen LogP contribution is -2.37. The van der Waals surface area contributed by atoms with Crippen LogP contribution in [0.1, 0.15) is 32.6 Å². The maximum absolute atomic E-state index is 5.75. The number of fused-ring (bicyclic) bond motifs is 1. The number of hydrogen-bond donors (Lipinski definition) is 2. The first kappa shape index (κ1) is 18.8. The lowest BCUT2D eigenvalue weighted by atomic mass is 10.0. The molecule has 6 nitrogen and oxygen atoms in total. The van der Waals surface area contributed by atoms with Crippen molar-refractivity contribution in [2.45, 2.75) is 32.6 Å². The summed E-state index contributed by atoms with van der Waals surface area (Å²) in [6.07, 6.45) is 4.74. The van der Waals surface area contributed by atoms with Gasteiger partial charge in [0, 0.05) is 38.3 Å². The molecule has 1 fully saturated rings. The first-order valence-electron chi connectivity index (χ1n) is 9.84. The van der Waals surface area contributed by atoms with Crippen molar-refractivity contribution < 1.29 is 9.47 Å². The minimum absolute atomic E-state index is 0.693. The summed E-state index contributed by atoms with van der Waals surface area (Å²) in [5, 5.41) is 6.74. The predicted molar refractivity (Wildman–Crippen MR) is 106 cm³/mol. The highest BCUT2D eigenvalue weighted by Gasteiger charge is 2.15. The van der Waals surface area contributed by atoms with Crippen molar-refractivity contribution in [2.24, 2.45) is 10.9 Å². The topological polar surface area (TPSA) is 58.1 Å². The molecule has 1 unspecified atom stereocenters. The third-order valence-electron chi connectivity index (χ3n) is 4.92. The largest absolute Gasteiger partial charge is 0.490 e. The Hall–Kier alpha value is -1.95. The molecule has 1 saturated heterocycles. The fourth-order valence-electron chi connectivity index (χ4n) is 3.56. The number of guanidine groups is 1. The van der Waals surface area contributed by atoms with E-state index < -0.39 is 0 Å². The van der Waals surface area contributed by atoms with Gasteiger partial charge in [-0.15, -0.1) is 0 Å². The fourth-order valence-corrected chi connectivity index (χ4v) is 3.56. The molecule has 6 heteroatoms. The Kier molecular flexibility index (Phi) is 7.00. The van der Waals surface area contributed by atoms with Gasteiger partial charge >= 0.3 is 0 Å². The molecule has 0 aromatic heterocycles. The second-order valence-electron chi connectivity index (χ2n) is 7.24. The van der Waals surface area contributed by atoms with Gasteiger partial charge in [-0.25, -0.2) is 0 Å². The smallest absolute Gasteiger partial charge is 0.195 e. The molecule has 144 valence electrons. The number of likely N-dealkylation sites (tertiary alicyclic amines) is 1. The van der Waals surface area contributed by atoms with E-state index in [1.165, 1.54) is 25.9 Å². The van der Waals surface area contributed by atoms with Gasteiger partial charge in [0.15, 0.2) is 17.5 Å². The van der Waals surface area contributed by atoms with Gasteiger partial charge in [-0.3, -0.25) is 4.99 Å². The molecule has 0 bridgehead atoms. The minimum Gasteiger partial charge on any atom is -0.490 e. The van der Waals surface area contributed by atoms with E-state index >= 15 is 0 Å². The van der Waals surface area contributed by atoms with E-state index in [-0.39, 0.29) is 0 Å². The molecule has 0 aliphatic carbocycles. The standard InChI is InChI=1S/C20H32N4O2/c1-16-6-3-10-24(15-16)11-4-9-22-20(21-2)23-17-7-8-18-19(14-17)26-13-5-12-25-18/h7-8,14,16H,3-6,9-13,15H2,1-2H3,(H2,21,22,23). The molecule has 26 heavy (non-hydrogen) atoms. The number of aliphatic imine (C=N–C) groups is 1. The van der Waals surface area contributed by atoms with Crippen LogP contribution in [0.3, 0.4) is 0 Å². The number of nitrogens with one attached hydrogen (secondary N) is 2. The van der Waals surface area contributed by atoms with E-state index in [2.05, 4.69) is 27.4 Å². The number of ether oxygens (including phenoxy) is 2. The monoisotopic (exact) mass is 360 g/mol. The molecule has 2 N–H and O–H groups in total. The number of piperidine rings is 1. The van der Waals surface area contributed by atoms with Crippen molar-refractivity contribution in [2.75, 3.05) is 51.8 Å². The number of rotatable bonds is 5. The zero-order valence-electron chi connectivity index (χ0n) is 16.1. The maximum atomic E-state index is 5.75. The van der Waals surface area contributed by atoms with Crippen molar-refractivity contribution in [1.82, 2.24) is 10.2 Å². The lowest BCUT2D eigenvalue weighted by molar-refractivity contribution is 0.182. The second kappa shape index (κ2) is 9.67. The SMILES string of the molecule is CN=C(NCCCN1CCCC(C)C1)Nc1ccc2c(c1)OCCCO2. The minimum atomic E-state index is 0.693. The highest BCUT2D eigenvalue weighted by Crippen LogP contribution is 2.32. The van der Waals surface area contributed by atoms with Gasteiger partial charge in [-0.2, -0.15) is 0 Å². The average Bonchev–Trinajstić information content (AvgIpc) is 2.89. The maximum Gasteiger partial charge on any atom is 0.195 e. The van der Waals surface area contributed by atoms with Crippen LogP contribution in [0.4, 0.5) is 5.69 Å². The van der Waals surface area contributed by atoms with Gasteiger partial charge in [0.25, 0.3) is 0 Å². The highest BCUT2D eigenvalue weighted by atomic mass is 16.5. The van der Waals surface area contributed by atoms with Crippen LogP contribution >= 0.6 is 0 Å². The third kappa shape index (κ3) is 5.53. The first-order chi connectivity index (χ1) is 12.7. The Balaban J connectivity index is 1.44. The molecule has 1 aromatic rings. The molecule has 1 atom stereocenters. The summed E-state index contributed by atoms with van der Waals surface area (Å²) in [5.74, 6) is 3.23. The average molecular weight is 361 g/mol. The molecule has 2 aliphatic rings. The third-order valence-corrected chi connectivity index (χ3v) is 4.92. The van der Waals surface area contributed by atoms with E-state index in [1.807, 2.05) is 18.2 Å². The Morgan fingerprint density at radius 2 is 2.08 bits per heavy atom. The number of benzene rings is 1. The van der Waals surface area contributed by atoms with Crippen molar-refractivity contribution in [3.05, 3.63) is 18.2 Å². The van der Waals surface area contributed by atoms with Crippen LogP contribution in [0.5, 0.6) is 11.5 Å². The van der Waals surface area contributed by atoms with Crippen LogP contribution in [0, 0.1) is 5.92 Å². The van der Waals surface area contributed by atoms with Crippen LogP contribution in [-0.2, 0) is 0 Å². The van der Waals surface area contributed by atoms with Gasteiger partial charge in [0.05, 0.1) is 13.2 Å². The van der Waals surface area contributed by atoms with E-state index in [0.717, 1.165) is 55.0 Å². The van der Waals surface area contributed by atoms with E-state index in [4.69, 9.17) is 9.47 Å². The Bertz CT molecular complexity index is 605. The highest BCUT2D eigenvalue weighted by molar-refractivity contribution is 5.93. The van der Waals surface area contributed by atoms with Gasteiger partial charge in [0.1, 0.15) is 0 Å². The summed E-state index contributed by atoms with van der Waals surface area (Å²) >= 11 is 0. The van der Waals surface area contributed by atoms with Crippen molar-refractivity contribution in [1.29, 1.82) is 0 Å². The quantitative estimate of drug-likeness (QED) is 0.480. The van der Waals surface area contributed by atoms with Crippen molar-refractivity contribution >= 4 is 11.6 Å². The van der Waals surface area contributed by atoms with Gasteiger partial charge in [0.2, 0.25) is 0 Å². The summed E-state index contributed by atoms with van der Waals surface area (Å²) in [6, 6.07) is 5.92. The number of hydrogen-bond acceptors (Lipinski definition) is 4. The summed E-state index contributed by atoms with van der Waals surface area (Å²) in [5.41, 5.74) is 0.951. The molecular formula is C20H32N4O2. The summed E-state index contributed by atoms with van der Waals surface area (Å²) in [6.45, 7) is 8.30. The Labute approximate surface area is 157 Å². The van der Waals surface area contributed by atoms with E-state index in [9.17, 15) is 0 Å². The molecule has 2 heterocycles. The molecule has 0 radical (unpaired) electrons. The molecule has 2 aliphatic heterocycles. The summed E-state index contributed by atoms with van der Waals surface area (Å²) in [7, 11) is 1.80. The fraction of sp³-hybridized carbons (Fsp3) is 0.650. The summed E-state index contributed by atoms with van der Waals surface area (Å²) < 4.78 is 11.4. The van der Waals surface area contributed by atoms with Crippen LogP contribution < -0.4 is 20.1 Å². The zero-order chi connectivity index (χ0) is 18.2. The van der Waals surface area contributed by atoms with Gasteiger partial charge < -0.3 is 25.0 Å². The second-order valence-corrected chi connectivity index (χ2v) is 7.24. The van der Waals surface area contributed by atoms with Crippen molar-refractivity contribution in [3.63, 3.8) is 0 Å². The molecule has 0 spiro atoms. The predicted octanol–water partition coefficient (Wildman–Crippen LogP) is 2.96. The van der Waals surface area contributed by atoms with E-state index in [0.29, 0.717) is 13.2 Å². The number of nitrogens with zero attached hydrogens (tertiary/aromatic N) is 2. The van der Waals surface area contributed by atoms with Crippen LogP contribution in [0.15, 0.2) is 23.2 Å². The Morgan fingerprint density at radius 3 is 2.88 bits per heavy atom. The number of anilines is 1. The van der Waals surface area contributed by atoms with Crippen LogP contribution in [0.2, 0.25) is 0 Å². The molecule has 1 aromatic carbocycles. The normalized spacial score (nSPS) is 21.2. The zero-order valence-corrected chi connectivity index (χ0v) is 16.1. The molecule has 0 saturated carbocycles. The molecule has 0 amide bonds. The Morgan fingerprint density at radius 1 is 1.23 bits per heavy atom. The van der Waals surface area contributed by atoms with Crippen LogP contribution in [-0.4, -0.2) is 57.3 Å². The molecular weight excluding hydrogens is 328 g/mol. The van der Waals surface area contributed by atoms with Crippen LogP contribution in [0.25, 0.3) is 0 Å². The van der Waals surface area contributed by atoms with Gasteiger partial charge in [-0.1, -0.05) is 6.92 Å². The van der Waals surface area contributed by atoms with Gasteiger partial charge in [-0.05, 0) is 50.4 Å². The lowest BCUT2D eigenvalue weighted by Gasteiger charge is -2.30. The first-order valence-corrected chi connectivity index (χ1v) is 9.84. The molecule has 3 rings (SSSR count).